The fraction of sp³-hybridized carbons (Fsp3) is 0.400. The second kappa shape index (κ2) is 6.93. The van der Waals surface area contributed by atoms with Crippen LogP contribution >= 0.6 is 12.4 Å². The average Bonchev–Trinajstić information content (AvgIpc) is 2.79. The lowest BCUT2D eigenvalue weighted by molar-refractivity contribution is -0.117. The van der Waals surface area contributed by atoms with E-state index in [0.29, 0.717) is 13.0 Å². The van der Waals surface area contributed by atoms with E-state index in [4.69, 9.17) is 4.74 Å². The number of hydrogen-bond acceptors (Lipinski definition) is 3. The van der Waals surface area contributed by atoms with Crippen LogP contribution in [0.5, 0.6) is 0 Å². The van der Waals surface area contributed by atoms with Gasteiger partial charge >= 0.3 is 0 Å². The minimum atomic E-state index is 0. The summed E-state index contributed by atoms with van der Waals surface area (Å²) in [7, 11) is 0. The predicted molar refractivity (Wildman–Crippen MR) is 86.1 cm³/mol. The number of benzene rings is 1. The van der Waals surface area contributed by atoms with Crippen molar-refractivity contribution in [1.29, 1.82) is 0 Å². The van der Waals surface area contributed by atoms with Gasteiger partial charge in [-0.1, -0.05) is 0 Å². The van der Waals surface area contributed by atoms with Gasteiger partial charge < -0.3 is 20.4 Å². The van der Waals surface area contributed by atoms with Crippen molar-refractivity contribution < 1.29 is 9.53 Å². The quantitative estimate of drug-likeness (QED) is 0.814. The fourth-order valence-electron chi connectivity index (χ4n) is 2.54. The molecule has 1 unspecified atom stereocenters. The van der Waals surface area contributed by atoms with Crippen LogP contribution in [0, 0.1) is 6.92 Å². The van der Waals surface area contributed by atoms with E-state index in [-0.39, 0.29) is 24.4 Å². The summed E-state index contributed by atoms with van der Waals surface area (Å²) in [5.74, 6) is 0.0135. The molecule has 1 saturated heterocycles. The molecule has 3 rings (SSSR count). The molecule has 2 heterocycles. The van der Waals surface area contributed by atoms with Crippen LogP contribution in [0.3, 0.4) is 0 Å². The molecule has 1 aliphatic heterocycles. The van der Waals surface area contributed by atoms with Gasteiger partial charge in [-0.2, -0.15) is 0 Å². The van der Waals surface area contributed by atoms with E-state index in [2.05, 4.69) is 21.7 Å². The number of H-pyrrole nitrogens is 1. The molecule has 114 valence electrons. The van der Waals surface area contributed by atoms with Crippen LogP contribution in [0.1, 0.15) is 12.1 Å². The van der Waals surface area contributed by atoms with E-state index in [1.54, 1.807) is 0 Å². The first-order chi connectivity index (χ1) is 9.70. The fourth-order valence-corrected chi connectivity index (χ4v) is 2.54. The lowest BCUT2D eigenvalue weighted by Gasteiger charge is -2.23. The molecule has 5 nitrogen and oxygen atoms in total. The number of amides is 1. The minimum Gasteiger partial charge on any atom is -0.378 e. The Balaban J connectivity index is 0.00000161. The SMILES string of the molecule is Cc1cc2cc(NC(=O)CC3COCCN3)ccc2[nH]1.Cl. The van der Waals surface area contributed by atoms with Gasteiger partial charge in [0.15, 0.2) is 0 Å². The summed E-state index contributed by atoms with van der Waals surface area (Å²) in [6.45, 7) is 4.16. The smallest absolute Gasteiger partial charge is 0.226 e. The maximum absolute atomic E-state index is 12.0. The van der Waals surface area contributed by atoms with Crippen LogP contribution in [-0.2, 0) is 9.53 Å². The number of ether oxygens (including phenoxy) is 1. The van der Waals surface area contributed by atoms with Gasteiger partial charge in [-0.25, -0.2) is 0 Å². The number of hydrogen-bond donors (Lipinski definition) is 3. The molecule has 0 saturated carbocycles. The molecule has 0 radical (unpaired) electrons. The summed E-state index contributed by atoms with van der Waals surface area (Å²) in [4.78, 5) is 15.3. The number of rotatable bonds is 3. The minimum absolute atomic E-state index is 0. The molecule has 2 aromatic rings. The van der Waals surface area contributed by atoms with Gasteiger partial charge in [0.05, 0.1) is 13.2 Å². The Bertz CT molecular complexity index is 620. The molecule has 1 aromatic heterocycles. The van der Waals surface area contributed by atoms with Crippen molar-refractivity contribution in [1.82, 2.24) is 10.3 Å². The molecule has 0 aliphatic carbocycles. The van der Waals surface area contributed by atoms with Crippen LogP contribution in [0.2, 0.25) is 0 Å². The molecular weight excluding hydrogens is 290 g/mol. The van der Waals surface area contributed by atoms with Gasteiger partial charge in [0.2, 0.25) is 5.91 Å². The zero-order valence-corrected chi connectivity index (χ0v) is 12.8. The molecule has 1 fully saturated rings. The van der Waals surface area contributed by atoms with Crippen molar-refractivity contribution in [2.45, 2.75) is 19.4 Å². The second-order valence-corrected chi connectivity index (χ2v) is 5.23. The summed E-state index contributed by atoms with van der Waals surface area (Å²) >= 11 is 0. The van der Waals surface area contributed by atoms with E-state index in [1.807, 2.05) is 25.1 Å². The van der Waals surface area contributed by atoms with Crippen molar-refractivity contribution in [2.75, 3.05) is 25.1 Å². The highest BCUT2D eigenvalue weighted by atomic mass is 35.5. The molecule has 1 amide bonds. The number of halogens is 1. The number of fused-ring (bicyclic) bond motifs is 1. The maximum Gasteiger partial charge on any atom is 0.226 e. The largest absolute Gasteiger partial charge is 0.378 e. The lowest BCUT2D eigenvalue weighted by atomic mass is 10.1. The number of morpholine rings is 1. The number of nitrogens with one attached hydrogen (secondary N) is 3. The van der Waals surface area contributed by atoms with Crippen molar-refractivity contribution >= 4 is 34.9 Å². The first kappa shape index (κ1) is 15.8. The number of carbonyl (C=O) groups excluding carboxylic acids is 1. The molecule has 1 aromatic carbocycles. The molecule has 0 bridgehead atoms. The normalized spacial score (nSPS) is 18.2. The highest BCUT2D eigenvalue weighted by Gasteiger charge is 2.16. The molecule has 1 aliphatic rings. The Morgan fingerprint density at radius 3 is 3.05 bits per heavy atom. The van der Waals surface area contributed by atoms with Gasteiger partial charge in [-0.05, 0) is 31.2 Å². The predicted octanol–water partition coefficient (Wildman–Crippen LogP) is 2.22. The summed E-state index contributed by atoms with van der Waals surface area (Å²) in [6, 6.07) is 8.08. The maximum atomic E-state index is 12.0. The Morgan fingerprint density at radius 2 is 2.29 bits per heavy atom. The monoisotopic (exact) mass is 309 g/mol. The van der Waals surface area contributed by atoms with E-state index < -0.39 is 0 Å². The Hall–Kier alpha value is -1.56. The van der Waals surface area contributed by atoms with E-state index in [0.717, 1.165) is 35.4 Å². The summed E-state index contributed by atoms with van der Waals surface area (Å²) in [5.41, 5.74) is 3.04. The number of aromatic amines is 1. The van der Waals surface area contributed by atoms with Gasteiger partial charge in [0, 0.05) is 41.3 Å². The van der Waals surface area contributed by atoms with E-state index in [9.17, 15) is 4.79 Å². The molecule has 21 heavy (non-hydrogen) atoms. The number of aryl methyl sites for hydroxylation is 1. The zero-order valence-electron chi connectivity index (χ0n) is 11.9. The van der Waals surface area contributed by atoms with Gasteiger partial charge in [0.25, 0.3) is 0 Å². The Morgan fingerprint density at radius 1 is 1.43 bits per heavy atom. The molecule has 0 spiro atoms. The molecule has 3 N–H and O–H groups in total. The van der Waals surface area contributed by atoms with Crippen molar-refractivity contribution in [2.24, 2.45) is 0 Å². The topological polar surface area (TPSA) is 66.2 Å². The van der Waals surface area contributed by atoms with Crippen LogP contribution in [0.25, 0.3) is 10.9 Å². The van der Waals surface area contributed by atoms with Gasteiger partial charge in [0.1, 0.15) is 0 Å². The molecular formula is C15H20ClN3O2. The second-order valence-electron chi connectivity index (χ2n) is 5.23. The first-order valence-electron chi connectivity index (χ1n) is 6.91. The van der Waals surface area contributed by atoms with Gasteiger partial charge in [-0.3, -0.25) is 4.79 Å². The standard InChI is InChI=1S/C15H19N3O2.ClH/c1-10-6-11-7-12(2-3-14(11)17-10)18-15(19)8-13-9-20-5-4-16-13;/h2-3,6-7,13,16-17H,4-5,8-9H2,1H3,(H,18,19);1H. The third kappa shape index (κ3) is 3.97. The first-order valence-corrected chi connectivity index (χ1v) is 6.91. The number of aromatic nitrogens is 1. The third-order valence-electron chi connectivity index (χ3n) is 3.47. The Kier molecular flexibility index (Phi) is 5.22. The van der Waals surface area contributed by atoms with Crippen molar-refractivity contribution in [3.63, 3.8) is 0 Å². The van der Waals surface area contributed by atoms with Crippen molar-refractivity contribution in [3.05, 3.63) is 30.0 Å². The van der Waals surface area contributed by atoms with Gasteiger partial charge in [-0.15, -0.1) is 12.4 Å². The number of anilines is 1. The van der Waals surface area contributed by atoms with Crippen LogP contribution < -0.4 is 10.6 Å². The third-order valence-corrected chi connectivity index (χ3v) is 3.47. The van der Waals surface area contributed by atoms with Crippen LogP contribution in [0.15, 0.2) is 24.3 Å². The summed E-state index contributed by atoms with van der Waals surface area (Å²) < 4.78 is 5.35. The van der Waals surface area contributed by atoms with Crippen molar-refractivity contribution in [3.8, 4) is 0 Å². The van der Waals surface area contributed by atoms with Crippen LogP contribution in [0.4, 0.5) is 5.69 Å². The summed E-state index contributed by atoms with van der Waals surface area (Å²) in [5, 5.41) is 7.33. The van der Waals surface area contributed by atoms with E-state index >= 15 is 0 Å². The highest BCUT2D eigenvalue weighted by molar-refractivity contribution is 5.94. The zero-order chi connectivity index (χ0) is 13.9. The van der Waals surface area contributed by atoms with Crippen LogP contribution in [-0.4, -0.2) is 36.7 Å². The Labute approximate surface area is 129 Å². The van der Waals surface area contributed by atoms with E-state index in [1.165, 1.54) is 0 Å². The lowest BCUT2D eigenvalue weighted by Crippen LogP contribution is -2.43. The molecule has 6 heteroatoms. The highest BCUT2D eigenvalue weighted by Crippen LogP contribution is 2.20. The summed E-state index contributed by atoms with van der Waals surface area (Å²) in [6.07, 6.45) is 0.435. The average molecular weight is 310 g/mol. The number of carbonyl (C=O) groups is 1. The molecule has 1 atom stereocenters.